The minimum atomic E-state index is -0.260. The van der Waals surface area contributed by atoms with Crippen LogP contribution in [0, 0.1) is 0 Å². The zero-order valence-corrected chi connectivity index (χ0v) is 17.1. The summed E-state index contributed by atoms with van der Waals surface area (Å²) in [6.45, 7) is 4.93. The molecule has 3 N–H and O–H groups in total. The summed E-state index contributed by atoms with van der Waals surface area (Å²) in [5, 5.41) is 6.85. The SMILES string of the molecule is CCc1ccccc1NC(=O)CO/N=C(\N)c1ccccc1CN1CCCCC1. The molecule has 2 aromatic rings. The lowest BCUT2D eigenvalue weighted by Gasteiger charge is -2.27. The smallest absolute Gasteiger partial charge is 0.265 e. The number of anilines is 1. The summed E-state index contributed by atoms with van der Waals surface area (Å²) >= 11 is 0. The van der Waals surface area contributed by atoms with Crippen molar-refractivity contribution in [3.05, 3.63) is 65.2 Å². The summed E-state index contributed by atoms with van der Waals surface area (Å²) < 4.78 is 0. The zero-order chi connectivity index (χ0) is 20.5. The van der Waals surface area contributed by atoms with Crippen LogP contribution in [0.2, 0.25) is 0 Å². The fourth-order valence-corrected chi connectivity index (χ4v) is 3.61. The van der Waals surface area contributed by atoms with Crippen LogP contribution in [0.3, 0.4) is 0 Å². The molecule has 1 heterocycles. The van der Waals surface area contributed by atoms with Crippen molar-refractivity contribution in [2.75, 3.05) is 25.0 Å². The molecule has 0 bridgehead atoms. The van der Waals surface area contributed by atoms with Crippen LogP contribution in [-0.2, 0) is 22.6 Å². The Morgan fingerprint density at radius 1 is 1.07 bits per heavy atom. The summed E-state index contributed by atoms with van der Waals surface area (Å²) in [6, 6.07) is 15.7. The maximum atomic E-state index is 12.2. The largest absolute Gasteiger partial charge is 0.384 e. The predicted octanol–water partition coefficient (Wildman–Crippen LogP) is 3.51. The number of benzene rings is 2. The molecule has 3 rings (SSSR count). The zero-order valence-electron chi connectivity index (χ0n) is 17.1. The molecule has 1 aliphatic heterocycles. The molecule has 2 aromatic carbocycles. The fraction of sp³-hybridized carbons (Fsp3) is 0.391. The number of rotatable bonds is 8. The van der Waals surface area contributed by atoms with E-state index in [1.54, 1.807) is 0 Å². The van der Waals surface area contributed by atoms with E-state index in [1.165, 1.54) is 19.3 Å². The van der Waals surface area contributed by atoms with Gasteiger partial charge in [0.25, 0.3) is 5.91 Å². The van der Waals surface area contributed by atoms with Crippen molar-refractivity contribution >= 4 is 17.4 Å². The van der Waals surface area contributed by atoms with E-state index in [9.17, 15) is 4.79 Å². The number of para-hydroxylation sites is 1. The van der Waals surface area contributed by atoms with Gasteiger partial charge in [-0.2, -0.15) is 0 Å². The second kappa shape index (κ2) is 10.6. The number of aryl methyl sites for hydroxylation is 1. The first-order chi connectivity index (χ1) is 14.2. The van der Waals surface area contributed by atoms with E-state index < -0.39 is 0 Å². The van der Waals surface area contributed by atoms with Crippen LogP contribution in [-0.4, -0.2) is 36.3 Å². The van der Waals surface area contributed by atoms with Crippen LogP contribution in [0.4, 0.5) is 5.69 Å². The number of hydrogen-bond acceptors (Lipinski definition) is 4. The van der Waals surface area contributed by atoms with Gasteiger partial charge in [-0.1, -0.05) is 61.0 Å². The van der Waals surface area contributed by atoms with Gasteiger partial charge in [0, 0.05) is 17.8 Å². The molecule has 0 atom stereocenters. The third-order valence-electron chi connectivity index (χ3n) is 5.17. The van der Waals surface area contributed by atoms with Crippen molar-refractivity contribution in [3.63, 3.8) is 0 Å². The van der Waals surface area contributed by atoms with Gasteiger partial charge in [0.1, 0.15) is 0 Å². The molecule has 1 saturated heterocycles. The summed E-state index contributed by atoms with van der Waals surface area (Å²) in [5.41, 5.74) is 10.0. The Kier molecular flexibility index (Phi) is 7.64. The topological polar surface area (TPSA) is 79.9 Å². The van der Waals surface area contributed by atoms with E-state index in [-0.39, 0.29) is 12.5 Å². The van der Waals surface area contributed by atoms with Crippen molar-refractivity contribution in [3.8, 4) is 0 Å². The predicted molar refractivity (Wildman–Crippen MR) is 117 cm³/mol. The molecule has 0 saturated carbocycles. The van der Waals surface area contributed by atoms with Crippen molar-refractivity contribution in [1.82, 2.24) is 4.90 Å². The Morgan fingerprint density at radius 2 is 1.76 bits per heavy atom. The number of nitrogens with one attached hydrogen (secondary N) is 1. The van der Waals surface area contributed by atoms with E-state index in [0.717, 1.165) is 48.4 Å². The first-order valence-corrected chi connectivity index (χ1v) is 10.3. The molecule has 0 spiro atoms. The second-order valence-corrected chi connectivity index (χ2v) is 7.30. The Morgan fingerprint density at radius 3 is 2.52 bits per heavy atom. The Bertz CT molecular complexity index is 844. The summed E-state index contributed by atoms with van der Waals surface area (Å²) in [5.74, 6) is 0.0309. The first kappa shape index (κ1) is 20.9. The minimum Gasteiger partial charge on any atom is -0.384 e. The van der Waals surface area contributed by atoms with E-state index >= 15 is 0 Å². The highest BCUT2D eigenvalue weighted by molar-refractivity contribution is 5.98. The number of amides is 1. The summed E-state index contributed by atoms with van der Waals surface area (Å²) in [4.78, 5) is 19.9. The maximum absolute atomic E-state index is 12.2. The molecule has 6 heteroatoms. The Hall–Kier alpha value is -2.86. The van der Waals surface area contributed by atoms with Gasteiger partial charge in [0.15, 0.2) is 12.4 Å². The molecule has 0 radical (unpaired) electrons. The van der Waals surface area contributed by atoms with Crippen molar-refractivity contribution in [2.45, 2.75) is 39.2 Å². The average molecular weight is 395 g/mol. The number of nitrogens with zero attached hydrogens (tertiary/aromatic N) is 2. The number of carbonyl (C=O) groups is 1. The molecular formula is C23H30N4O2. The molecule has 29 heavy (non-hydrogen) atoms. The first-order valence-electron chi connectivity index (χ1n) is 10.3. The molecule has 1 amide bonds. The van der Waals surface area contributed by atoms with Crippen LogP contribution in [0.15, 0.2) is 53.7 Å². The molecule has 6 nitrogen and oxygen atoms in total. The lowest BCUT2D eigenvalue weighted by molar-refractivity contribution is -0.120. The van der Waals surface area contributed by atoms with Gasteiger partial charge < -0.3 is 15.9 Å². The Labute approximate surface area is 172 Å². The van der Waals surface area contributed by atoms with Gasteiger partial charge >= 0.3 is 0 Å². The standard InChI is InChI=1S/C23H30N4O2/c1-2-18-10-5-7-13-21(18)25-22(28)17-29-26-23(24)20-12-6-4-11-19(20)16-27-14-8-3-9-15-27/h4-7,10-13H,2-3,8-9,14-17H2,1H3,(H2,24,26)(H,25,28). The lowest BCUT2D eigenvalue weighted by Crippen LogP contribution is -2.30. The highest BCUT2D eigenvalue weighted by atomic mass is 16.6. The maximum Gasteiger partial charge on any atom is 0.265 e. The second-order valence-electron chi connectivity index (χ2n) is 7.30. The number of carbonyl (C=O) groups excluding carboxylic acids is 1. The number of amidine groups is 1. The number of piperidine rings is 1. The van der Waals surface area contributed by atoms with Crippen LogP contribution < -0.4 is 11.1 Å². The van der Waals surface area contributed by atoms with Crippen LogP contribution >= 0.6 is 0 Å². The normalized spacial score (nSPS) is 15.1. The third-order valence-corrected chi connectivity index (χ3v) is 5.17. The van der Waals surface area contributed by atoms with Crippen molar-refractivity contribution < 1.29 is 9.63 Å². The van der Waals surface area contributed by atoms with E-state index in [2.05, 4.69) is 21.4 Å². The summed E-state index contributed by atoms with van der Waals surface area (Å²) in [6.07, 6.45) is 4.63. The molecule has 1 fully saturated rings. The van der Waals surface area contributed by atoms with Crippen LogP contribution in [0.5, 0.6) is 0 Å². The molecule has 154 valence electrons. The lowest BCUT2D eigenvalue weighted by atomic mass is 10.0. The summed E-state index contributed by atoms with van der Waals surface area (Å²) in [7, 11) is 0. The van der Waals surface area contributed by atoms with Crippen molar-refractivity contribution in [1.29, 1.82) is 0 Å². The van der Waals surface area contributed by atoms with Gasteiger partial charge in [0.05, 0.1) is 0 Å². The minimum absolute atomic E-state index is 0.187. The van der Waals surface area contributed by atoms with Crippen molar-refractivity contribution in [2.24, 2.45) is 10.9 Å². The molecule has 0 unspecified atom stereocenters. The highest BCUT2D eigenvalue weighted by Gasteiger charge is 2.14. The fourth-order valence-electron chi connectivity index (χ4n) is 3.61. The van der Waals surface area contributed by atoms with E-state index in [1.807, 2.05) is 49.4 Å². The highest BCUT2D eigenvalue weighted by Crippen LogP contribution is 2.17. The Balaban J connectivity index is 1.57. The van der Waals surface area contributed by atoms with Gasteiger partial charge in [-0.25, -0.2) is 0 Å². The number of hydrogen-bond donors (Lipinski definition) is 2. The number of likely N-dealkylation sites (tertiary alicyclic amines) is 1. The van der Waals surface area contributed by atoms with Gasteiger partial charge in [-0.05, 0) is 49.5 Å². The third kappa shape index (κ3) is 6.06. The molecule has 0 aromatic heterocycles. The average Bonchev–Trinajstić information content (AvgIpc) is 2.75. The molecule has 1 aliphatic rings. The number of oxime groups is 1. The van der Waals surface area contributed by atoms with Gasteiger partial charge in [0.2, 0.25) is 0 Å². The number of nitrogens with two attached hydrogens (primary N) is 1. The quantitative estimate of drug-likeness (QED) is 0.408. The monoisotopic (exact) mass is 394 g/mol. The van der Waals surface area contributed by atoms with Gasteiger partial charge in [-0.15, -0.1) is 0 Å². The molecule has 0 aliphatic carbocycles. The van der Waals surface area contributed by atoms with E-state index in [0.29, 0.717) is 5.84 Å². The molecular weight excluding hydrogens is 364 g/mol. The van der Waals surface area contributed by atoms with E-state index in [4.69, 9.17) is 10.6 Å². The van der Waals surface area contributed by atoms with Crippen LogP contribution in [0.25, 0.3) is 0 Å². The van der Waals surface area contributed by atoms with Crippen LogP contribution in [0.1, 0.15) is 42.9 Å². The van der Waals surface area contributed by atoms with Gasteiger partial charge in [-0.3, -0.25) is 9.69 Å².